The van der Waals surface area contributed by atoms with E-state index in [1.165, 1.54) is 19.4 Å². The van der Waals surface area contributed by atoms with Crippen molar-refractivity contribution in [2.75, 3.05) is 20.2 Å². The van der Waals surface area contributed by atoms with E-state index in [9.17, 15) is 9.90 Å². The SMILES string of the molecule is C[N+]1(CC2CC2)[C@H]2CC(OC(=O)[C@@H](CO)c3ccccc3)C[C@H]1[C@H]1O[C@@H]12. The van der Waals surface area contributed by atoms with Crippen LogP contribution in [-0.2, 0) is 14.3 Å². The first-order chi connectivity index (χ1) is 12.6. The Morgan fingerprint density at radius 1 is 1.23 bits per heavy atom. The van der Waals surface area contributed by atoms with Gasteiger partial charge in [0.1, 0.15) is 36.3 Å². The summed E-state index contributed by atoms with van der Waals surface area (Å²) in [5.74, 6) is 0.00309. The van der Waals surface area contributed by atoms with E-state index in [4.69, 9.17) is 9.47 Å². The largest absolute Gasteiger partial charge is 0.461 e. The minimum absolute atomic E-state index is 0.0444. The Bertz CT molecular complexity index is 671. The average Bonchev–Trinajstić information content (AvgIpc) is 3.51. The first kappa shape index (κ1) is 16.7. The van der Waals surface area contributed by atoms with Gasteiger partial charge in [-0.1, -0.05) is 30.3 Å². The third-order valence-corrected chi connectivity index (χ3v) is 7.14. The molecule has 1 N–H and O–H groups in total. The monoisotopic (exact) mass is 358 g/mol. The van der Waals surface area contributed by atoms with Crippen LogP contribution in [0, 0.1) is 5.92 Å². The number of likely N-dealkylation sites (N-methyl/N-ethyl adjacent to an activating group) is 1. The van der Waals surface area contributed by atoms with Crippen LogP contribution in [0.25, 0.3) is 0 Å². The minimum Gasteiger partial charge on any atom is -0.461 e. The Labute approximate surface area is 154 Å². The molecule has 1 aromatic rings. The lowest BCUT2D eigenvalue weighted by Crippen LogP contribution is -2.63. The summed E-state index contributed by atoms with van der Waals surface area (Å²) in [5, 5.41) is 9.71. The summed E-state index contributed by atoms with van der Waals surface area (Å²) < 4.78 is 12.9. The number of esters is 1. The molecule has 0 amide bonds. The maximum absolute atomic E-state index is 12.7. The van der Waals surface area contributed by atoms with Crippen molar-refractivity contribution in [2.45, 2.75) is 62.0 Å². The summed E-state index contributed by atoms with van der Waals surface area (Å²) in [6.45, 7) is 1.04. The predicted molar refractivity (Wildman–Crippen MR) is 95.4 cm³/mol. The average molecular weight is 358 g/mol. The number of hydrogen-bond acceptors (Lipinski definition) is 4. The first-order valence-electron chi connectivity index (χ1n) is 9.97. The van der Waals surface area contributed by atoms with E-state index in [0.717, 1.165) is 28.8 Å². The molecule has 4 fully saturated rings. The molecule has 26 heavy (non-hydrogen) atoms. The zero-order valence-corrected chi connectivity index (χ0v) is 15.3. The van der Waals surface area contributed by atoms with Crippen LogP contribution in [0.3, 0.4) is 0 Å². The number of hydrogen-bond donors (Lipinski definition) is 1. The standard InChI is InChI=1S/C21H28NO4/c1-22(11-13-7-8-13)17-9-15(10-18(22)20-19(17)26-20)25-21(24)16(12-23)14-5-3-2-4-6-14/h2-6,13,15-20,23H,7-12H2,1H3/q+1/t15?,16-,17-,18-,19+,20+,22?/m0/s1. The maximum atomic E-state index is 12.7. The van der Waals surface area contributed by atoms with Gasteiger partial charge in [0, 0.05) is 18.8 Å². The molecule has 0 aromatic heterocycles. The maximum Gasteiger partial charge on any atom is 0.316 e. The smallest absolute Gasteiger partial charge is 0.316 e. The van der Waals surface area contributed by atoms with Gasteiger partial charge in [0.05, 0.1) is 20.2 Å². The number of nitrogens with zero attached hydrogens (tertiary/aromatic N) is 1. The molecule has 3 heterocycles. The highest BCUT2D eigenvalue weighted by Gasteiger charge is 2.72. The normalized spacial score (nSPS) is 41.4. The molecule has 5 rings (SSSR count). The Morgan fingerprint density at radius 3 is 2.46 bits per heavy atom. The van der Waals surface area contributed by atoms with E-state index in [-0.39, 0.29) is 18.7 Å². The number of piperidine rings is 1. The summed E-state index contributed by atoms with van der Waals surface area (Å²) in [7, 11) is 2.39. The van der Waals surface area contributed by atoms with Crippen LogP contribution < -0.4 is 0 Å². The van der Waals surface area contributed by atoms with E-state index in [1.807, 2.05) is 30.3 Å². The molecule has 1 aliphatic carbocycles. The van der Waals surface area contributed by atoms with Crippen molar-refractivity contribution in [3.63, 3.8) is 0 Å². The molecular weight excluding hydrogens is 330 g/mol. The molecule has 1 aromatic carbocycles. The third kappa shape index (κ3) is 2.68. The van der Waals surface area contributed by atoms with Crippen molar-refractivity contribution < 1.29 is 23.9 Å². The zero-order chi connectivity index (χ0) is 17.9. The third-order valence-electron chi connectivity index (χ3n) is 7.14. The van der Waals surface area contributed by atoms with Crippen LogP contribution in [-0.4, -0.2) is 66.2 Å². The summed E-state index contributed by atoms with van der Waals surface area (Å²) >= 11 is 0. The second-order valence-corrected chi connectivity index (χ2v) is 8.85. The highest BCUT2D eigenvalue weighted by Crippen LogP contribution is 2.54. The number of rotatable bonds is 6. The van der Waals surface area contributed by atoms with Crippen molar-refractivity contribution in [3.05, 3.63) is 35.9 Å². The molecule has 0 spiro atoms. The van der Waals surface area contributed by atoms with Crippen molar-refractivity contribution in [3.8, 4) is 0 Å². The van der Waals surface area contributed by atoms with Crippen LogP contribution in [0.5, 0.6) is 0 Å². The Kier molecular flexibility index (Phi) is 3.89. The lowest BCUT2D eigenvalue weighted by molar-refractivity contribution is -0.957. The topological polar surface area (TPSA) is 59.1 Å². The Morgan fingerprint density at radius 2 is 1.88 bits per heavy atom. The Hall–Kier alpha value is -1.43. The van der Waals surface area contributed by atoms with Gasteiger partial charge in [0.15, 0.2) is 0 Å². The highest BCUT2D eigenvalue weighted by molar-refractivity contribution is 5.78. The number of epoxide rings is 1. The lowest BCUT2D eigenvalue weighted by atomic mass is 9.94. The fourth-order valence-electron chi connectivity index (χ4n) is 5.53. The van der Waals surface area contributed by atoms with Gasteiger partial charge in [-0.2, -0.15) is 0 Å². The molecule has 3 saturated heterocycles. The molecule has 5 atom stereocenters. The second-order valence-electron chi connectivity index (χ2n) is 8.85. The van der Waals surface area contributed by atoms with Crippen molar-refractivity contribution >= 4 is 5.97 Å². The molecule has 0 unspecified atom stereocenters. The van der Waals surface area contributed by atoms with E-state index < -0.39 is 5.92 Å². The molecule has 0 radical (unpaired) electrons. The number of ether oxygens (including phenoxy) is 2. The summed E-state index contributed by atoms with van der Waals surface area (Å²) in [6.07, 6.45) is 5.22. The number of carbonyl (C=O) groups excluding carboxylic acids is 1. The van der Waals surface area contributed by atoms with Gasteiger partial charge in [-0.05, 0) is 18.4 Å². The number of aliphatic hydroxyl groups excluding tert-OH is 1. The van der Waals surface area contributed by atoms with E-state index >= 15 is 0 Å². The van der Waals surface area contributed by atoms with Gasteiger partial charge in [-0.15, -0.1) is 0 Å². The number of morpholine rings is 1. The quantitative estimate of drug-likeness (QED) is 0.479. The highest BCUT2D eigenvalue weighted by atomic mass is 16.6. The molecule has 5 nitrogen and oxygen atoms in total. The fourth-order valence-corrected chi connectivity index (χ4v) is 5.53. The fraction of sp³-hybridized carbons (Fsp3) is 0.667. The van der Waals surface area contributed by atoms with Gasteiger partial charge < -0.3 is 19.1 Å². The lowest BCUT2D eigenvalue weighted by Gasteiger charge is -2.48. The molecule has 5 heteroatoms. The van der Waals surface area contributed by atoms with Gasteiger partial charge >= 0.3 is 5.97 Å². The molecule has 1 saturated carbocycles. The van der Waals surface area contributed by atoms with Crippen LogP contribution in [0.1, 0.15) is 37.2 Å². The number of quaternary nitrogens is 1. The van der Waals surface area contributed by atoms with E-state index in [0.29, 0.717) is 24.3 Å². The molecule has 140 valence electrons. The van der Waals surface area contributed by atoms with Gasteiger partial charge in [0.2, 0.25) is 0 Å². The molecule has 3 aliphatic heterocycles. The Balaban J connectivity index is 1.27. The first-order valence-corrected chi connectivity index (χ1v) is 9.97. The van der Waals surface area contributed by atoms with Gasteiger partial charge in [-0.25, -0.2) is 0 Å². The summed E-state index contributed by atoms with van der Waals surface area (Å²) in [5.41, 5.74) is 0.819. The van der Waals surface area contributed by atoms with Crippen molar-refractivity contribution in [1.29, 1.82) is 0 Å². The molecule has 4 aliphatic rings. The van der Waals surface area contributed by atoms with Crippen LogP contribution in [0.15, 0.2) is 30.3 Å². The minimum atomic E-state index is -0.589. The van der Waals surface area contributed by atoms with Crippen LogP contribution >= 0.6 is 0 Å². The van der Waals surface area contributed by atoms with Crippen molar-refractivity contribution in [2.24, 2.45) is 5.92 Å². The number of benzene rings is 1. The van der Waals surface area contributed by atoms with Gasteiger partial charge in [-0.3, -0.25) is 4.79 Å². The number of carbonyl (C=O) groups is 1. The number of aliphatic hydroxyl groups is 1. The molecule has 2 bridgehead atoms. The van der Waals surface area contributed by atoms with E-state index in [2.05, 4.69) is 7.05 Å². The second kappa shape index (κ2) is 6.04. The number of fused-ring (bicyclic) bond motifs is 5. The van der Waals surface area contributed by atoms with Crippen LogP contribution in [0.4, 0.5) is 0 Å². The predicted octanol–water partition coefficient (Wildman–Crippen LogP) is 1.84. The van der Waals surface area contributed by atoms with E-state index in [1.54, 1.807) is 0 Å². The summed E-state index contributed by atoms with van der Waals surface area (Å²) in [4.78, 5) is 12.7. The molecular formula is C21H28NO4+. The zero-order valence-electron chi connectivity index (χ0n) is 15.3. The van der Waals surface area contributed by atoms with Gasteiger partial charge in [0.25, 0.3) is 0 Å². The van der Waals surface area contributed by atoms with Crippen molar-refractivity contribution in [1.82, 2.24) is 0 Å². The van der Waals surface area contributed by atoms with Crippen LogP contribution in [0.2, 0.25) is 0 Å². The summed E-state index contributed by atoms with van der Waals surface area (Å²) in [6, 6.07) is 10.4.